The molecule has 1 atom stereocenters. The maximum Gasteiger partial charge on any atom is 0.330 e. The second-order valence-corrected chi connectivity index (χ2v) is 4.60. The van der Waals surface area contributed by atoms with Crippen LogP contribution in [-0.2, 0) is 14.3 Å². The molecular weight excluding hydrogens is 282 g/mol. The number of carbonyl (C=O) groups is 1. The molecule has 1 unspecified atom stereocenters. The number of rotatable bonds is 3. The number of aromatic nitrogens is 2. The Morgan fingerprint density at radius 2 is 2.29 bits per heavy atom. The van der Waals surface area contributed by atoms with Gasteiger partial charge < -0.3 is 9.47 Å². The van der Waals surface area contributed by atoms with Crippen LogP contribution in [0.2, 0.25) is 0 Å². The summed E-state index contributed by atoms with van der Waals surface area (Å²) in [5, 5.41) is 3.83. The maximum atomic E-state index is 13.9. The molecule has 0 radical (unpaired) electrons. The van der Waals surface area contributed by atoms with Gasteiger partial charge in [-0.1, -0.05) is 0 Å². The molecule has 21 heavy (non-hydrogen) atoms. The van der Waals surface area contributed by atoms with Crippen molar-refractivity contribution in [3.63, 3.8) is 0 Å². The average Bonchev–Trinajstić information content (AvgIpc) is 2.70. The predicted octanol–water partition coefficient (Wildman–Crippen LogP) is 2.42. The van der Waals surface area contributed by atoms with Crippen LogP contribution in [0.1, 0.15) is 18.2 Å². The molecule has 1 aliphatic heterocycles. The first-order valence-corrected chi connectivity index (χ1v) is 6.35. The third-order valence-corrected chi connectivity index (χ3v) is 3.33. The molecule has 3 rings (SSSR count). The normalized spacial score (nSPS) is 18.1. The van der Waals surface area contributed by atoms with Crippen molar-refractivity contribution in [2.45, 2.75) is 12.6 Å². The van der Waals surface area contributed by atoms with Gasteiger partial charge in [0.2, 0.25) is 5.95 Å². The third kappa shape index (κ3) is 2.40. The Kier molecular flexibility index (Phi) is 3.42. The number of ether oxygens (including phenoxy) is 2. The maximum absolute atomic E-state index is 13.9. The highest BCUT2D eigenvalue weighted by molar-refractivity contribution is 5.89. The van der Waals surface area contributed by atoms with Gasteiger partial charge in [0.05, 0.1) is 24.6 Å². The van der Waals surface area contributed by atoms with E-state index in [2.05, 4.69) is 9.84 Å². The van der Waals surface area contributed by atoms with E-state index >= 15 is 0 Å². The van der Waals surface area contributed by atoms with Crippen molar-refractivity contribution < 1.29 is 23.0 Å². The zero-order valence-corrected chi connectivity index (χ0v) is 11.2. The molecule has 0 saturated carbocycles. The van der Waals surface area contributed by atoms with Crippen molar-refractivity contribution >= 4 is 22.9 Å². The van der Waals surface area contributed by atoms with E-state index in [4.69, 9.17) is 4.74 Å². The molecule has 1 fully saturated rings. The Balaban J connectivity index is 2.07. The first-order chi connectivity index (χ1) is 10.1. The van der Waals surface area contributed by atoms with E-state index in [1.807, 2.05) is 0 Å². The molecule has 0 aliphatic carbocycles. The molecule has 1 aliphatic rings. The van der Waals surface area contributed by atoms with Crippen molar-refractivity contribution in [1.82, 2.24) is 9.78 Å². The molecular formula is C14H12F2N2O3. The lowest BCUT2D eigenvalue weighted by molar-refractivity contribution is -0.134. The number of hydrogen-bond acceptors (Lipinski definition) is 4. The van der Waals surface area contributed by atoms with Crippen molar-refractivity contribution in [2.75, 3.05) is 13.7 Å². The molecule has 0 bridgehead atoms. The summed E-state index contributed by atoms with van der Waals surface area (Å²) in [6, 6.07) is 2.49. The minimum Gasteiger partial charge on any atom is -0.466 e. The van der Waals surface area contributed by atoms with Crippen molar-refractivity contribution in [3.05, 3.63) is 35.5 Å². The summed E-state index contributed by atoms with van der Waals surface area (Å²) in [6.07, 6.45) is 2.76. The Labute approximate surface area is 118 Å². The SMILES string of the molecule is COC(=O)/C=C/c1cc2c(cc1F)c(F)nn2C1CCO1. The lowest BCUT2D eigenvalue weighted by atomic mass is 10.1. The van der Waals surface area contributed by atoms with Gasteiger partial charge in [0, 0.05) is 18.1 Å². The Morgan fingerprint density at radius 3 is 2.90 bits per heavy atom. The van der Waals surface area contributed by atoms with Crippen molar-refractivity contribution in [2.24, 2.45) is 0 Å². The fourth-order valence-electron chi connectivity index (χ4n) is 2.12. The third-order valence-electron chi connectivity index (χ3n) is 3.33. The monoisotopic (exact) mass is 294 g/mol. The highest BCUT2D eigenvalue weighted by Crippen LogP contribution is 2.30. The van der Waals surface area contributed by atoms with Crippen LogP contribution in [0.3, 0.4) is 0 Å². The van der Waals surface area contributed by atoms with E-state index < -0.39 is 17.7 Å². The first kappa shape index (κ1) is 13.7. The van der Waals surface area contributed by atoms with E-state index in [1.54, 1.807) is 0 Å². The highest BCUT2D eigenvalue weighted by Gasteiger charge is 2.25. The Bertz CT molecular complexity index is 735. The lowest BCUT2D eigenvalue weighted by Gasteiger charge is -2.27. The zero-order valence-electron chi connectivity index (χ0n) is 11.2. The summed E-state index contributed by atoms with van der Waals surface area (Å²) in [4.78, 5) is 11.1. The topological polar surface area (TPSA) is 53.3 Å². The minimum atomic E-state index is -0.747. The number of hydrogen-bond donors (Lipinski definition) is 0. The number of methoxy groups -OCH3 is 1. The van der Waals surface area contributed by atoms with E-state index in [9.17, 15) is 13.6 Å². The lowest BCUT2D eigenvalue weighted by Crippen LogP contribution is -2.25. The number of halogens is 2. The summed E-state index contributed by atoms with van der Waals surface area (Å²) >= 11 is 0. The second kappa shape index (κ2) is 5.25. The first-order valence-electron chi connectivity index (χ1n) is 6.35. The van der Waals surface area contributed by atoms with Gasteiger partial charge in [-0.15, -0.1) is 5.10 Å². The van der Waals surface area contributed by atoms with Gasteiger partial charge in [0.1, 0.15) is 5.82 Å². The molecule has 0 amide bonds. The number of nitrogens with zero attached hydrogens (tertiary/aromatic N) is 2. The van der Waals surface area contributed by atoms with Crippen LogP contribution < -0.4 is 0 Å². The fourth-order valence-corrected chi connectivity index (χ4v) is 2.12. The average molecular weight is 294 g/mol. The van der Waals surface area contributed by atoms with Gasteiger partial charge in [-0.05, 0) is 18.2 Å². The van der Waals surface area contributed by atoms with Crippen molar-refractivity contribution in [3.8, 4) is 0 Å². The molecule has 1 saturated heterocycles. The smallest absolute Gasteiger partial charge is 0.330 e. The van der Waals surface area contributed by atoms with Crippen LogP contribution >= 0.6 is 0 Å². The molecule has 2 heterocycles. The summed E-state index contributed by atoms with van der Waals surface area (Å²) in [5.74, 6) is -1.99. The Hall–Kier alpha value is -2.28. The van der Waals surface area contributed by atoms with Gasteiger partial charge in [-0.2, -0.15) is 4.39 Å². The van der Waals surface area contributed by atoms with Gasteiger partial charge in [0.15, 0.2) is 6.23 Å². The number of carbonyl (C=O) groups excluding carboxylic acids is 1. The van der Waals surface area contributed by atoms with Crippen LogP contribution in [0.25, 0.3) is 17.0 Å². The number of benzene rings is 1. The summed E-state index contributed by atoms with van der Waals surface area (Å²) < 4.78 is 38.8. The van der Waals surface area contributed by atoms with Gasteiger partial charge in [0.25, 0.3) is 0 Å². The van der Waals surface area contributed by atoms with E-state index in [-0.39, 0.29) is 17.2 Å². The van der Waals surface area contributed by atoms with Gasteiger partial charge in [-0.3, -0.25) is 0 Å². The molecule has 5 nitrogen and oxygen atoms in total. The van der Waals surface area contributed by atoms with Crippen LogP contribution in [0, 0.1) is 11.8 Å². The molecule has 7 heteroatoms. The van der Waals surface area contributed by atoms with E-state index in [0.717, 1.165) is 18.6 Å². The Morgan fingerprint density at radius 1 is 1.52 bits per heavy atom. The standard InChI is InChI=1S/C14H12F2N2O3/c1-20-13(19)3-2-8-6-11-9(7-10(8)15)14(16)17-18(11)12-4-5-21-12/h2-3,6-7,12H,4-5H2,1H3/b3-2+. The zero-order chi connectivity index (χ0) is 15.0. The summed E-state index contributed by atoms with van der Waals surface area (Å²) in [7, 11) is 1.23. The molecule has 110 valence electrons. The van der Waals surface area contributed by atoms with Crippen molar-refractivity contribution in [1.29, 1.82) is 0 Å². The quantitative estimate of drug-likeness (QED) is 0.644. The fraction of sp³-hybridized carbons (Fsp3) is 0.286. The largest absolute Gasteiger partial charge is 0.466 e. The summed E-state index contributed by atoms with van der Waals surface area (Å²) in [5.41, 5.74) is 0.566. The second-order valence-electron chi connectivity index (χ2n) is 4.60. The predicted molar refractivity (Wildman–Crippen MR) is 70.3 cm³/mol. The molecule has 0 spiro atoms. The molecule has 2 aromatic rings. The highest BCUT2D eigenvalue weighted by atomic mass is 19.1. The molecule has 1 aromatic carbocycles. The van der Waals surface area contributed by atoms with Crippen LogP contribution in [-0.4, -0.2) is 29.5 Å². The van der Waals surface area contributed by atoms with Crippen LogP contribution in [0.5, 0.6) is 0 Å². The minimum absolute atomic E-state index is 0.0817. The van der Waals surface area contributed by atoms with Gasteiger partial charge in [-0.25, -0.2) is 13.9 Å². The van der Waals surface area contributed by atoms with Crippen LogP contribution in [0.15, 0.2) is 18.2 Å². The molecule has 0 N–H and O–H groups in total. The number of esters is 1. The molecule has 1 aromatic heterocycles. The van der Waals surface area contributed by atoms with Gasteiger partial charge >= 0.3 is 5.97 Å². The number of fused-ring (bicyclic) bond motifs is 1. The van der Waals surface area contributed by atoms with E-state index in [1.165, 1.54) is 23.9 Å². The van der Waals surface area contributed by atoms with E-state index in [0.29, 0.717) is 12.1 Å². The van der Waals surface area contributed by atoms with Crippen LogP contribution in [0.4, 0.5) is 8.78 Å². The summed E-state index contributed by atoms with van der Waals surface area (Å²) in [6.45, 7) is 0.587.